The Balaban J connectivity index is 0.000000174. The average molecular weight is 871 g/mol. The first-order chi connectivity index (χ1) is 32.6. The van der Waals surface area contributed by atoms with Gasteiger partial charge in [-0.05, 0) is 81.9 Å². The molecule has 0 atom stereocenters. The van der Waals surface area contributed by atoms with Crippen molar-refractivity contribution in [3.05, 3.63) is 241 Å². The van der Waals surface area contributed by atoms with E-state index in [-0.39, 0.29) is 11.3 Å². The SMILES string of the molecule is C/C=C\C.C=CC.Cn1c2c(-c3ccc4c(c3)-c3c(ccc5ccccc35)C4(C)C)cccc2c2ccc3ccccc3c21.N=C(N=C(N)c1ccc(-c2ccccc2)cc1)c1ccccc1. The minimum atomic E-state index is -0.0161. The van der Waals surface area contributed by atoms with Gasteiger partial charge in [-0.2, -0.15) is 0 Å². The summed E-state index contributed by atoms with van der Waals surface area (Å²) < 4.78 is 2.41. The summed E-state index contributed by atoms with van der Waals surface area (Å²) in [5.41, 5.74) is 20.6. The van der Waals surface area contributed by atoms with Gasteiger partial charge in [0.2, 0.25) is 0 Å². The molecule has 0 fully saturated rings. The molecule has 11 rings (SSSR count). The number of nitrogens with one attached hydrogen (secondary N) is 1. The second-order valence-corrected chi connectivity index (χ2v) is 17.3. The van der Waals surface area contributed by atoms with Crippen molar-refractivity contribution in [2.45, 2.75) is 40.0 Å². The van der Waals surface area contributed by atoms with Crippen molar-refractivity contribution in [2.24, 2.45) is 17.8 Å². The third-order valence-corrected chi connectivity index (χ3v) is 12.7. The Morgan fingerprint density at radius 2 is 1.04 bits per heavy atom. The molecule has 0 spiro atoms. The molecule has 0 saturated heterocycles. The molecule has 0 bridgehead atoms. The van der Waals surface area contributed by atoms with Gasteiger partial charge in [-0.3, -0.25) is 5.41 Å². The molecular formula is C63H58N4. The highest BCUT2D eigenvalue weighted by atomic mass is 14.9. The average Bonchev–Trinajstić information content (AvgIpc) is 3.81. The van der Waals surface area contributed by atoms with Crippen LogP contribution in [0.2, 0.25) is 0 Å². The number of benzene rings is 9. The zero-order chi connectivity index (χ0) is 47.1. The van der Waals surface area contributed by atoms with Crippen LogP contribution in [0, 0.1) is 5.41 Å². The number of para-hydroxylation sites is 1. The number of amidine groups is 2. The molecule has 1 aromatic heterocycles. The van der Waals surface area contributed by atoms with Crippen molar-refractivity contribution < 1.29 is 0 Å². The smallest absolute Gasteiger partial charge is 0.154 e. The van der Waals surface area contributed by atoms with Crippen LogP contribution < -0.4 is 5.73 Å². The van der Waals surface area contributed by atoms with Gasteiger partial charge < -0.3 is 10.3 Å². The van der Waals surface area contributed by atoms with Crippen LogP contribution in [0.25, 0.3) is 76.7 Å². The van der Waals surface area contributed by atoms with Gasteiger partial charge in [0.15, 0.2) is 5.84 Å². The first-order valence-corrected chi connectivity index (χ1v) is 23.0. The van der Waals surface area contributed by atoms with E-state index in [4.69, 9.17) is 11.1 Å². The highest BCUT2D eigenvalue weighted by Gasteiger charge is 2.36. The van der Waals surface area contributed by atoms with E-state index in [9.17, 15) is 0 Å². The molecule has 4 heteroatoms. The number of rotatable bonds is 4. The van der Waals surface area contributed by atoms with Crippen molar-refractivity contribution in [1.82, 2.24) is 4.57 Å². The minimum Gasteiger partial charge on any atom is -0.383 e. The lowest BCUT2D eigenvalue weighted by Gasteiger charge is -2.21. The number of aryl methyl sites for hydroxylation is 1. The summed E-state index contributed by atoms with van der Waals surface area (Å²) in [4.78, 5) is 4.20. The van der Waals surface area contributed by atoms with Crippen LogP contribution in [0.5, 0.6) is 0 Å². The van der Waals surface area contributed by atoms with E-state index >= 15 is 0 Å². The van der Waals surface area contributed by atoms with E-state index in [0.717, 1.165) is 22.3 Å². The zero-order valence-electron chi connectivity index (χ0n) is 39.4. The largest absolute Gasteiger partial charge is 0.383 e. The molecule has 1 heterocycles. The molecule has 0 saturated carbocycles. The molecule has 1 aliphatic rings. The number of fused-ring (bicyclic) bond motifs is 10. The van der Waals surface area contributed by atoms with E-state index in [1.165, 1.54) is 76.7 Å². The second-order valence-electron chi connectivity index (χ2n) is 17.3. The summed E-state index contributed by atoms with van der Waals surface area (Å²) in [7, 11) is 2.22. The molecule has 0 radical (unpaired) electrons. The normalized spacial score (nSPS) is 12.4. The van der Waals surface area contributed by atoms with Crippen molar-refractivity contribution >= 4 is 55.0 Å². The number of nitrogens with zero attached hydrogens (tertiary/aromatic N) is 2. The zero-order valence-corrected chi connectivity index (χ0v) is 39.4. The van der Waals surface area contributed by atoms with Crippen LogP contribution >= 0.6 is 0 Å². The monoisotopic (exact) mass is 870 g/mol. The highest BCUT2D eigenvalue weighted by molar-refractivity contribution is 6.20. The molecular weight excluding hydrogens is 813 g/mol. The summed E-state index contributed by atoms with van der Waals surface area (Å²) in [6.45, 7) is 14.0. The fourth-order valence-corrected chi connectivity index (χ4v) is 9.30. The maximum atomic E-state index is 8.02. The standard InChI is InChI=1S/C36H27N.C20H17N3.C4H8.C3H6/c1-36(2)31-19-17-24(21-30(31)33-25-11-6-4-9-22(25)16-20-32(33)36)27-13-8-14-28-29-18-15-23-10-5-7-12-26(23)34(29)37(3)35(27)28;21-19(17-9-5-2-6-10-17)23-20(22)18-13-11-16(12-14-18)15-7-3-1-4-8-15;1-3-4-2;1-3-2/h4-21H,1-3H3;1-14H,(H3,21,22,23);3-4H,1-2H3;3H,1H2,2H3/b;;4-3-;. The quantitative estimate of drug-likeness (QED) is 0.103. The molecule has 10 aromatic rings. The van der Waals surface area contributed by atoms with Crippen molar-refractivity contribution in [3.63, 3.8) is 0 Å². The van der Waals surface area contributed by atoms with Crippen LogP contribution in [0.4, 0.5) is 0 Å². The lowest BCUT2D eigenvalue weighted by Crippen LogP contribution is -2.15. The Morgan fingerprint density at radius 1 is 0.522 bits per heavy atom. The number of allylic oxidation sites excluding steroid dienone is 3. The van der Waals surface area contributed by atoms with Crippen LogP contribution in [0.15, 0.2) is 224 Å². The fourth-order valence-electron chi connectivity index (χ4n) is 9.30. The highest BCUT2D eigenvalue weighted by Crippen LogP contribution is 2.52. The van der Waals surface area contributed by atoms with Crippen molar-refractivity contribution in [1.29, 1.82) is 5.41 Å². The Hall–Kier alpha value is -8.08. The van der Waals surface area contributed by atoms with E-state index < -0.39 is 0 Å². The first kappa shape index (κ1) is 45.5. The van der Waals surface area contributed by atoms with Crippen LogP contribution in [-0.2, 0) is 12.5 Å². The Bertz CT molecular complexity index is 3440. The number of nitrogens with two attached hydrogens (primary N) is 1. The Kier molecular flexibility index (Phi) is 13.6. The Labute approximate surface area is 395 Å². The van der Waals surface area contributed by atoms with E-state index in [1.54, 1.807) is 6.08 Å². The van der Waals surface area contributed by atoms with E-state index in [2.05, 4.69) is 158 Å². The third-order valence-electron chi connectivity index (χ3n) is 12.7. The van der Waals surface area contributed by atoms with Gasteiger partial charge in [-0.15, -0.1) is 6.58 Å². The van der Waals surface area contributed by atoms with Gasteiger partial charge in [-0.1, -0.05) is 220 Å². The lowest BCUT2D eigenvalue weighted by atomic mass is 9.82. The van der Waals surface area contributed by atoms with Crippen LogP contribution in [0.1, 0.15) is 56.9 Å². The van der Waals surface area contributed by atoms with E-state index in [0.29, 0.717) is 5.84 Å². The fraction of sp³-hybridized carbons (Fsp3) is 0.111. The molecule has 0 aliphatic heterocycles. The third kappa shape index (κ3) is 8.99. The number of hydrogen-bond donors (Lipinski definition) is 2. The van der Waals surface area contributed by atoms with Gasteiger partial charge in [0.1, 0.15) is 5.84 Å². The molecule has 9 aromatic carbocycles. The predicted molar refractivity (Wildman–Crippen MR) is 291 cm³/mol. The van der Waals surface area contributed by atoms with Gasteiger partial charge in [0.25, 0.3) is 0 Å². The summed E-state index contributed by atoms with van der Waals surface area (Å²) in [6, 6.07) is 68.0. The maximum Gasteiger partial charge on any atom is 0.154 e. The van der Waals surface area contributed by atoms with Gasteiger partial charge >= 0.3 is 0 Å². The Morgan fingerprint density at radius 3 is 1.72 bits per heavy atom. The topological polar surface area (TPSA) is 67.2 Å². The molecule has 1 aliphatic carbocycles. The van der Waals surface area contributed by atoms with Crippen molar-refractivity contribution in [3.8, 4) is 33.4 Å². The summed E-state index contributed by atoms with van der Waals surface area (Å²) in [5, 5.41) is 15.9. The van der Waals surface area contributed by atoms with Crippen LogP contribution in [-0.4, -0.2) is 16.2 Å². The maximum absolute atomic E-state index is 8.02. The van der Waals surface area contributed by atoms with Gasteiger partial charge in [-0.25, -0.2) is 4.99 Å². The summed E-state index contributed by atoms with van der Waals surface area (Å²) in [5.74, 6) is 0.508. The molecule has 67 heavy (non-hydrogen) atoms. The summed E-state index contributed by atoms with van der Waals surface area (Å²) in [6.07, 6.45) is 5.75. The molecule has 0 unspecified atom stereocenters. The predicted octanol–water partition coefficient (Wildman–Crippen LogP) is 16.5. The van der Waals surface area contributed by atoms with Crippen LogP contribution in [0.3, 0.4) is 0 Å². The van der Waals surface area contributed by atoms with E-state index in [1.807, 2.05) is 106 Å². The summed E-state index contributed by atoms with van der Waals surface area (Å²) >= 11 is 0. The molecule has 330 valence electrons. The number of aliphatic imine (C=N–C) groups is 1. The minimum absolute atomic E-state index is 0.0161. The van der Waals surface area contributed by atoms with Gasteiger partial charge in [0, 0.05) is 45.3 Å². The first-order valence-electron chi connectivity index (χ1n) is 23.0. The lowest BCUT2D eigenvalue weighted by molar-refractivity contribution is 0.661. The molecule has 3 N–H and O–H groups in total. The number of hydrogen-bond acceptors (Lipinski definition) is 1. The second kappa shape index (κ2) is 20.0. The van der Waals surface area contributed by atoms with Crippen molar-refractivity contribution in [2.75, 3.05) is 0 Å². The number of aromatic nitrogens is 1. The molecule has 4 nitrogen and oxygen atoms in total. The van der Waals surface area contributed by atoms with Gasteiger partial charge in [0.05, 0.1) is 11.0 Å². The molecule has 0 amide bonds.